The van der Waals surface area contributed by atoms with Gasteiger partial charge in [0.05, 0.1) is 6.61 Å². The molecule has 2 aromatic rings. The first kappa shape index (κ1) is 12.0. The lowest BCUT2D eigenvalue weighted by Gasteiger charge is -2.09. The molecule has 0 spiro atoms. The van der Waals surface area contributed by atoms with Gasteiger partial charge in [-0.15, -0.1) is 0 Å². The molecule has 2 aromatic carbocycles. The first-order valence-electron chi connectivity index (χ1n) is 4.96. The van der Waals surface area contributed by atoms with Crippen molar-refractivity contribution in [2.75, 3.05) is 0 Å². The molecule has 4 heteroatoms. The molecule has 0 aliphatic rings. The number of rotatable bonds is 2. The van der Waals surface area contributed by atoms with Crippen LogP contribution in [-0.4, -0.2) is 5.11 Å². The van der Waals surface area contributed by atoms with Crippen LogP contribution in [0.5, 0.6) is 0 Å². The molecule has 0 unspecified atom stereocenters. The molecule has 0 amide bonds. The molecule has 0 atom stereocenters. The zero-order chi connectivity index (χ0) is 12.4. The van der Waals surface area contributed by atoms with Crippen LogP contribution in [0.4, 0.5) is 8.78 Å². The van der Waals surface area contributed by atoms with E-state index in [1.54, 1.807) is 0 Å². The second kappa shape index (κ2) is 4.82. The molecular formula is C13H9ClF2O. The fraction of sp³-hybridized carbons (Fsp3) is 0.0769. The van der Waals surface area contributed by atoms with Crippen molar-refractivity contribution >= 4 is 11.6 Å². The average Bonchev–Trinajstić information content (AvgIpc) is 2.32. The molecule has 0 aromatic heterocycles. The van der Waals surface area contributed by atoms with Crippen molar-refractivity contribution in [2.24, 2.45) is 0 Å². The Morgan fingerprint density at radius 1 is 0.941 bits per heavy atom. The van der Waals surface area contributed by atoms with Crippen LogP contribution < -0.4 is 0 Å². The summed E-state index contributed by atoms with van der Waals surface area (Å²) in [5.74, 6) is -0.886. The highest BCUT2D eigenvalue weighted by molar-refractivity contribution is 6.33. The summed E-state index contributed by atoms with van der Waals surface area (Å²) in [5.41, 5.74) is 1.34. The standard InChI is InChI=1S/C13H9ClF2O/c14-13-4-2-10(16)6-12(13)11-3-1-9(15)5-8(11)7-17/h1-6,17H,7H2. The van der Waals surface area contributed by atoms with E-state index in [9.17, 15) is 8.78 Å². The minimum absolute atomic E-state index is 0.333. The Labute approximate surface area is 102 Å². The SMILES string of the molecule is OCc1cc(F)ccc1-c1cc(F)ccc1Cl. The molecule has 2 rings (SSSR count). The van der Waals surface area contributed by atoms with E-state index in [0.717, 1.165) is 0 Å². The zero-order valence-corrected chi connectivity index (χ0v) is 9.51. The molecule has 0 heterocycles. The topological polar surface area (TPSA) is 20.2 Å². The van der Waals surface area contributed by atoms with E-state index < -0.39 is 11.6 Å². The maximum Gasteiger partial charge on any atom is 0.123 e. The summed E-state index contributed by atoms with van der Waals surface area (Å²) in [6.07, 6.45) is 0. The maximum atomic E-state index is 13.2. The first-order valence-corrected chi connectivity index (χ1v) is 5.34. The molecular weight excluding hydrogens is 246 g/mol. The van der Waals surface area contributed by atoms with E-state index in [1.165, 1.54) is 36.4 Å². The van der Waals surface area contributed by atoms with E-state index in [0.29, 0.717) is 21.7 Å². The van der Waals surface area contributed by atoms with Gasteiger partial charge in [0.25, 0.3) is 0 Å². The van der Waals surface area contributed by atoms with E-state index in [4.69, 9.17) is 16.7 Å². The lowest BCUT2D eigenvalue weighted by atomic mass is 10.00. The molecule has 88 valence electrons. The molecule has 1 N–H and O–H groups in total. The van der Waals surface area contributed by atoms with Crippen molar-refractivity contribution < 1.29 is 13.9 Å². The summed E-state index contributed by atoms with van der Waals surface area (Å²) in [6.45, 7) is -0.333. The van der Waals surface area contributed by atoms with Gasteiger partial charge in [-0.05, 0) is 41.5 Å². The number of aliphatic hydroxyl groups excluding tert-OH is 1. The number of hydrogen-bond donors (Lipinski definition) is 1. The second-order valence-corrected chi connectivity index (χ2v) is 3.99. The Balaban J connectivity index is 2.63. The first-order chi connectivity index (χ1) is 8.11. The Morgan fingerprint density at radius 2 is 1.59 bits per heavy atom. The fourth-order valence-corrected chi connectivity index (χ4v) is 1.88. The third-order valence-corrected chi connectivity index (χ3v) is 2.79. The normalized spacial score (nSPS) is 10.6. The van der Waals surface area contributed by atoms with Crippen molar-refractivity contribution in [3.63, 3.8) is 0 Å². The fourth-order valence-electron chi connectivity index (χ4n) is 1.66. The highest BCUT2D eigenvalue weighted by Crippen LogP contribution is 2.31. The van der Waals surface area contributed by atoms with Crippen LogP contribution in [0.2, 0.25) is 5.02 Å². The minimum atomic E-state index is -0.453. The molecule has 0 aliphatic carbocycles. The Kier molecular flexibility index (Phi) is 3.41. The number of halogens is 3. The van der Waals surface area contributed by atoms with Crippen molar-refractivity contribution in [2.45, 2.75) is 6.61 Å². The van der Waals surface area contributed by atoms with Gasteiger partial charge in [-0.25, -0.2) is 8.78 Å². The lowest BCUT2D eigenvalue weighted by molar-refractivity contribution is 0.282. The van der Waals surface area contributed by atoms with Crippen molar-refractivity contribution in [3.05, 3.63) is 58.6 Å². The average molecular weight is 255 g/mol. The van der Waals surface area contributed by atoms with E-state index in [2.05, 4.69) is 0 Å². The van der Waals surface area contributed by atoms with Crippen molar-refractivity contribution in [3.8, 4) is 11.1 Å². The smallest absolute Gasteiger partial charge is 0.123 e. The minimum Gasteiger partial charge on any atom is -0.392 e. The van der Waals surface area contributed by atoms with Gasteiger partial charge in [0, 0.05) is 10.6 Å². The highest BCUT2D eigenvalue weighted by Gasteiger charge is 2.10. The van der Waals surface area contributed by atoms with Gasteiger partial charge in [0.2, 0.25) is 0 Å². The summed E-state index contributed by atoms with van der Waals surface area (Å²) in [6, 6.07) is 7.85. The van der Waals surface area contributed by atoms with Crippen LogP contribution in [0.1, 0.15) is 5.56 Å². The summed E-state index contributed by atoms with van der Waals surface area (Å²) in [5, 5.41) is 9.52. The summed E-state index contributed by atoms with van der Waals surface area (Å²) in [7, 11) is 0. The van der Waals surface area contributed by atoms with E-state index in [1.807, 2.05) is 0 Å². The largest absolute Gasteiger partial charge is 0.392 e. The molecule has 0 bridgehead atoms. The van der Waals surface area contributed by atoms with Crippen LogP contribution in [0.3, 0.4) is 0 Å². The molecule has 0 radical (unpaired) electrons. The van der Waals surface area contributed by atoms with Gasteiger partial charge >= 0.3 is 0 Å². The third-order valence-electron chi connectivity index (χ3n) is 2.46. The third kappa shape index (κ3) is 2.46. The lowest BCUT2D eigenvalue weighted by Crippen LogP contribution is -1.92. The number of aliphatic hydroxyl groups is 1. The molecule has 0 saturated carbocycles. The molecule has 0 saturated heterocycles. The molecule has 17 heavy (non-hydrogen) atoms. The van der Waals surface area contributed by atoms with Crippen LogP contribution >= 0.6 is 11.6 Å². The summed E-state index contributed by atoms with van der Waals surface area (Å²) < 4.78 is 26.2. The van der Waals surface area contributed by atoms with Crippen molar-refractivity contribution in [1.82, 2.24) is 0 Å². The Hall–Kier alpha value is -1.45. The van der Waals surface area contributed by atoms with Crippen molar-refractivity contribution in [1.29, 1.82) is 0 Å². The predicted octanol–water partition coefficient (Wildman–Crippen LogP) is 3.78. The van der Waals surface area contributed by atoms with Crippen LogP contribution in [0.15, 0.2) is 36.4 Å². The van der Waals surface area contributed by atoms with Crippen LogP contribution in [0, 0.1) is 11.6 Å². The van der Waals surface area contributed by atoms with Gasteiger partial charge in [0.15, 0.2) is 0 Å². The van der Waals surface area contributed by atoms with Crippen LogP contribution in [-0.2, 0) is 6.61 Å². The Bertz CT molecular complexity index is 555. The van der Waals surface area contributed by atoms with E-state index in [-0.39, 0.29) is 6.61 Å². The van der Waals surface area contributed by atoms with Crippen LogP contribution in [0.25, 0.3) is 11.1 Å². The van der Waals surface area contributed by atoms with Gasteiger partial charge in [-0.1, -0.05) is 17.7 Å². The highest BCUT2D eigenvalue weighted by atomic mass is 35.5. The van der Waals surface area contributed by atoms with E-state index >= 15 is 0 Å². The van der Waals surface area contributed by atoms with Gasteiger partial charge in [-0.3, -0.25) is 0 Å². The van der Waals surface area contributed by atoms with Gasteiger partial charge in [-0.2, -0.15) is 0 Å². The maximum absolute atomic E-state index is 13.2. The summed E-state index contributed by atoms with van der Waals surface area (Å²) >= 11 is 5.96. The quantitative estimate of drug-likeness (QED) is 0.865. The van der Waals surface area contributed by atoms with Gasteiger partial charge in [0.1, 0.15) is 11.6 Å². The number of hydrogen-bond acceptors (Lipinski definition) is 1. The number of benzene rings is 2. The predicted molar refractivity (Wildman–Crippen MR) is 62.7 cm³/mol. The second-order valence-electron chi connectivity index (χ2n) is 3.58. The molecule has 1 nitrogen and oxygen atoms in total. The zero-order valence-electron chi connectivity index (χ0n) is 8.75. The monoisotopic (exact) mass is 254 g/mol. The Morgan fingerprint density at radius 3 is 2.29 bits per heavy atom. The summed E-state index contributed by atoms with van der Waals surface area (Å²) in [4.78, 5) is 0. The molecule has 0 fully saturated rings. The molecule has 0 aliphatic heterocycles. The van der Waals surface area contributed by atoms with Gasteiger partial charge < -0.3 is 5.11 Å².